The van der Waals surface area contributed by atoms with Crippen LogP contribution in [0.15, 0.2) is 37.1 Å². The van der Waals surface area contributed by atoms with Crippen molar-refractivity contribution in [2.45, 2.75) is 19.9 Å². The molecule has 1 fully saturated rings. The normalized spacial score (nSPS) is 20.6. The maximum absolute atomic E-state index is 12.6. The Morgan fingerprint density at radius 2 is 2.15 bits per heavy atom. The summed E-state index contributed by atoms with van der Waals surface area (Å²) in [6, 6.07) is 4.01. The molecule has 1 amide bonds. The van der Waals surface area contributed by atoms with Gasteiger partial charge in [-0.1, -0.05) is 19.9 Å². The van der Waals surface area contributed by atoms with Gasteiger partial charge in [-0.25, -0.2) is 4.98 Å². The number of hydrogen-bond acceptors (Lipinski definition) is 3. The molecule has 104 valence electrons. The van der Waals surface area contributed by atoms with Gasteiger partial charge in [0.25, 0.3) is 5.91 Å². The lowest BCUT2D eigenvalue weighted by molar-refractivity contribution is -0.0330. The first kappa shape index (κ1) is 12.8. The minimum absolute atomic E-state index is 0.0261. The standard InChI is InChI=1S/C15H18N4O/c1-15(2)9-19(13(15)11-5-4-6-16-7-11)14(20)12-8-17-10-18(12)3/h4-8,10,13H,9H2,1-3H3. The van der Waals surface area contributed by atoms with Crippen LogP contribution in [0, 0.1) is 5.41 Å². The number of likely N-dealkylation sites (tertiary alicyclic amines) is 1. The van der Waals surface area contributed by atoms with Gasteiger partial charge < -0.3 is 9.47 Å². The third-order valence-corrected chi connectivity index (χ3v) is 3.93. The highest BCUT2D eigenvalue weighted by molar-refractivity contribution is 5.93. The second-order valence-electron chi connectivity index (χ2n) is 6.00. The summed E-state index contributed by atoms with van der Waals surface area (Å²) in [5.41, 5.74) is 1.77. The number of imidazole rings is 1. The number of rotatable bonds is 2. The molecule has 5 heteroatoms. The summed E-state index contributed by atoms with van der Waals surface area (Å²) in [6.45, 7) is 5.10. The topological polar surface area (TPSA) is 51.0 Å². The second kappa shape index (κ2) is 4.44. The van der Waals surface area contributed by atoms with Crippen molar-refractivity contribution in [1.29, 1.82) is 0 Å². The number of nitrogens with zero attached hydrogens (tertiary/aromatic N) is 4. The number of pyridine rings is 1. The van der Waals surface area contributed by atoms with Crippen molar-refractivity contribution in [3.05, 3.63) is 48.3 Å². The molecule has 0 bridgehead atoms. The Morgan fingerprint density at radius 1 is 1.35 bits per heavy atom. The van der Waals surface area contributed by atoms with Crippen molar-refractivity contribution in [3.63, 3.8) is 0 Å². The zero-order valence-electron chi connectivity index (χ0n) is 11.9. The fraction of sp³-hybridized carbons (Fsp3) is 0.400. The van der Waals surface area contributed by atoms with Gasteiger partial charge in [-0.2, -0.15) is 0 Å². The van der Waals surface area contributed by atoms with E-state index in [1.54, 1.807) is 23.3 Å². The van der Waals surface area contributed by atoms with Gasteiger partial charge in [0.2, 0.25) is 0 Å². The molecule has 2 aromatic heterocycles. The molecule has 0 spiro atoms. The number of carbonyl (C=O) groups excluding carboxylic acids is 1. The SMILES string of the molecule is Cn1cncc1C(=O)N1CC(C)(C)C1c1cccnc1. The molecule has 0 aromatic carbocycles. The summed E-state index contributed by atoms with van der Waals surface area (Å²) in [4.78, 5) is 22.7. The van der Waals surface area contributed by atoms with Gasteiger partial charge in [-0.3, -0.25) is 9.78 Å². The van der Waals surface area contributed by atoms with Crippen LogP contribution in [0.2, 0.25) is 0 Å². The van der Waals surface area contributed by atoms with Crippen molar-refractivity contribution in [2.75, 3.05) is 6.54 Å². The number of aryl methyl sites for hydroxylation is 1. The lowest BCUT2D eigenvalue weighted by Gasteiger charge is -2.54. The first-order valence-electron chi connectivity index (χ1n) is 6.68. The van der Waals surface area contributed by atoms with Gasteiger partial charge in [-0.15, -0.1) is 0 Å². The molecule has 0 N–H and O–H groups in total. The van der Waals surface area contributed by atoms with E-state index in [0.29, 0.717) is 5.69 Å². The van der Waals surface area contributed by atoms with Gasteiger partial charge in [0.05, 0.1) is 18.6 Å². The summed E-state index contributed by atoms with van der Waals surface area (Å²) in [7, 11) is 1.84. The van der Waals surface area contributed by atoms with Gasteiger partial charge in [0.1, 0.15) is 5.69 Å². The van der Waals surface area contributed by atoms with E-state index < -0.39 is 0 Å². The monoisotopic (exact) mass is 270 g/mol. The lowest BCUT2D eigenvalue weighted by atomic mass is 9.72. The molecule has 3 heterocycles. The minimum atomic E-state index is 0.0261. The zero-order valence-corrected chi connectivity index (χ0v) is 11.9. The summed E-state index contributed by atoms with van der Waals surface area (Å²) < 4.78 is 1.76. The molecule has 20 heavy (non-hydrogen) atoms. The first-order chi connectivity index (χ1) is 9.50. The van der Waals surface area contributed by atoms with Crippen LogP contribution in [-0.2, 0) is 7.05 Å². The van der Waals surface area contributed by atoms with Crippen LogP contribution in [0.25, 0.3) is 0 Å². The van der Waals surface area contributed by atoms with Crippen LogP contribution >= 0.6 is 0 Å². The molecule has 2 aromatic rings. The third kappa shape index (κ3) is 1.90. The fourth-order valence-electron chi connectivity index (χ4n) is 2.99. The van der Waals surface area contributed by atoms with Crippen LogP contribution < -0.4 is 0 Å². The maximum atomic E-state index is 12.6. The van der Waals surface area contributed by atoms with E-state index in [4.69, 9.17) is 0 Å². The van der Waals surface area contributed by atoms with E-state index in [9.17, 15) is 4.79 Å². The Hall–Kier alpha value is -2.17. The number of carbonyl (C=O) groups is 1. The fourth-order valence-corrected chi connectivity index (χ4v) is 2.99. The quantitative estimate of drug-likeness (QED) is 0.839. The molecule has 0 saturated carbocycles. The average molecular weight is 270 g/mol. The first-order valence-corrected chi connectivity index (χ1v) is 6.68. The molecular formula is C15H18N4O. The maximum Gasteiger partial charge on any atom is 0.272 e. The van der Waals surface area contributed by atoms with E-state index in [1.807, 2.05) is 30.3 Å². The van der Waals surface area contributed by atoms with Gasteiger partial charge in [-0.05, 0) is 11.6 Å². The van der Waals surface area contributed by atoms with Crippen LogP contribution in [0.5, 0.6) is 0 Å². The summed E-state index contributed by atoms with van der Waals surface area (Å²) >= 11 is 0. The van der Waals surface area contributed by atoms with E-state index in [1.165, 1.54) is 0 Å². The van der Waals surface area contributed by atoms with E-state index in [0.717, 1.165) is 12.1 Å². The molecule has 1 aliphatic rings. The lowest BCUT2D eigenvalue weighted by Crippen LogP contribution is -2.58. The van der Waals surface area contributed by atoms with Gasteiger partial charge >= 0.3 is 0 Å². The van der Waals surface area contributed by atoms with Crippen LogP contribution in [-0.4, -0.2) is 31.9 Å². The molecule has 1 unspecified atom stereocenters. The highest BCUT2D eigenvalue weighted by atomic mass is 16.2. The van der Waals surface area contributed by atoms with E-state index in [-0.39, 0.29) is 17.4 Å². The number of amides is 1. The predicted molar refractivity (Wildman–Crippen MR) is 75.0 cm³/mol. The molecule has 0 aliphatic carbocycles. The molecule has 0 radical (unpaired) electrons. The second-order valence-corrected chi connectivity index (χ2v) is 6.00. The van der Waals surface area contributed by atoms with Crippen molar-refractivity contribution in [1.82, 2.24) is 19.4 Å². The van der Waals surface area contributed by atoms with Crippen molar-refractivity contribution >= 4 is 5.91 Å². The zero-order chi connectivity index (χ0) is 14.3. The molecular weight excluding hydrogens is 252 g/mol. The molecule has 1 saturated heterocycles. The molecule has 3 rings (SSSR count). The van der Waals surface area contributed by atoms with Crippen LogP contribution in [0.4, 0.5) is 0 Å². The Labute approximate surface area is 118 Å². The number of aromatic nitrogens is 3. The molecule has 5 nitrogen and oxygen atoms in total. The van der Waals surface area contributed by atoms with Crippen molar-refractivity contribution in [3.8, 4) is 0 Å². The van der Waals surface area contributed by atoms with Crippen LogP contribution in [0.3, 0.4) is 0 Å². The highest BCUT2D eigenvalue weighted by Gasteiger charge is 2.49. The Kier molecular flexibility index (Phi) is 2.85. The Balaban J connectivity index is 1.92. The summed E-state index contributed by atoms with van der Waals surface area (Å²) in [5.74, 6) is 0.0261. The van der Waals surface area contributed by atoms with E-state index in [2.05, 4.69) is 23.8 Å². The third-order valence-electron chi connectivity index (χ3n) is 3.93. The predicted octanol–water partition coefficient (Wildman–Crippen LogP) is 2.04. The van der Waals surface area contributed by atoms with Crippen molar-refractivity contribution in [2.24, 2.45) is 12.5 Å². The summed E-state index contributed by atoms with van der Waals surface area (Å²) in [5, 5.41) is 0. The number of hydrogen-bond donors (Lipinski definition) is 0. The van der Waals surface area contributed by atoms with Crippen molar-refractivity contribution < 1.29 is 4.79 Å². The minimum Gasteiger partial charge on any atom is -0.330 e. The smallest absolute Gasteiger partial charge is 0.272 e. The van der Waals surface area contributed by atoms with Gasteiger partial charge in [0, 0.05) is 31.4 Å². The molecule has 1 atom stereocenters. The largest absolute Gasteiger partial charge is 0.330 e. The molecule has 1 aliphatic heterocycles. The van der Waals surface area contributed by atoms with E-state index >= 15 is 0 Å². The van der Waals surface area contributed by atoms with Gasteiger partial charge in [0.15, 0.2) is 0 Å². The van der Waals surface area contributed by atoms with Crippen LogP contribution in [0.1, 0.15) is 35.9 Å². The Bertz CT molecular complexity index is 632. The highest BCUT2D eigenvalue weighted by Crippen LogP contribution is 2.48. The Morgan fingerprint density at radius 3 is 2.70 bits per heavy atom. The average Bonchev–Trinajstić information content (AvgIpc) is 2.83. The summed E-state index contributed by atoms with van der Waals surface area (Å²) in [6.07, 6.45) is 6.86.